The first-order valence-electron chi connectivity index (χ1n) is 9.61. The number of piperazine rings is 1. The molecule has 1 aromatic rings. The van der Waals surface area contributed by atoms with Gasteiger partial charge < -0.3 is 5.32 Å². The van der Waals surface area contributed by atoms with Crippen LogP contribution in [-0.4, -0.2) is 65.0 Å². The zero-order valence-electron chi connectivity index (χ0n) is 15.7. The molecule has 2 aliphatic heterocycles. The smallest absolute Gasteiger partial charge is 0.323 e. The van der Waals surface area contributed by atoms with E-state index in [1.165, 1.54) is 16.0 Å². The Hall–Kier alpha value is -1.92. The summed E-state index contributed by atoms with van der Waals surface area (Å²) >= 11 is 0. The standard InChI is InChI=1S/C20H28N4O2/c1-15-5-3-4-6-16(15)13-22-9-11-23(12-10-22)14-24-18(25)20(2,17-7-8-17)21-19(24)26/h3-6,17H,7-14H2,1-2H3,(H,21,26)/t20-/m1/s1. The Balaban J connectivity index is 1.31. The molecule has 0 bridgehead atoms. The molecule has 1 aliphatic carbocycles. The zero-order chi connectivity index (χ0) is 18.3. The van der Waals surface area contributed by atoms with Crippen molar-refractivity contribution in [2.24, 2.45) is 5.92 Å². The summed E-state index contributed by atoms with van der Waals surface area (Å²) in [6, 6.07) is 8.28. The van der Waals surface area contributed by atoms with Crippen LogP contribution in [-0.2, 0) is 11.3 Å². The molecule has 3 amide bonds. The molecule has 3 aliphatic rings. The van der Waals surface area contributed by atoms with E-state index in [0.717, 1.165) is 45.6 Å². The predicted octanol–water partition coefficient (Wildman–Crippen LogP) is 1.79. The highest BCUT2D eigenvalue weighted by Crippen LogP contribution is 2.42. The van der Waals surface area contributed by atoms with Gasteiger partial charge in [0.05, 0.1) is 6.67 Å². The van der Waals surface area contributed by atoms with E-state index in [2.05, 4.69) is 46.3 Å². The molecule has 6 heteroatoms. The van der Waals surface area contributed by atoms with Gasteiger partial charge in [0.15, 0.2) is 0 Å². The number of carbonyl (C=O) groups excluding carboxylic acids is 2. The molecule has 1 N–H and O–H groups in total. The molecule has 2 saturated heterocycles. The summed E-state index contributed by atoms with van der Waals surface area (Å²) in [6.07, 6.45) is 2.07. The molecule has 1 aromatic carbocycles. The Morgan fingerprint density at radius 1 is 1.08 bits per heavy atom. The third-order valence-electron chi connectivity index (χ3n) is 6.16. The summed E-state index contributed by atoms with van der Waals surface area (Å²) in [5.74, 6) is 0.266. The Kier molecular flexibility index (Phi) is 4.49. The van der Waals surface area contributed by atoms with Crippen LogP contribution in [0.15, 0.2) is 24.3 Å². The fraction of sp³-hybridized carbons (Fsp3) is 0.600. The summed E-state index contributed by atoms with van der Waals surface area (Å²) in [7, 11) is 0. The second-order valence-electron chi connectivity index (χ2n) is 8.10. The van der Waals surface area contributed by atoms with Crippen LogP contribution in [0.3, 0.4) is 0 Å². The number of nitrogens with zero attached hydrogens (tertiary/aromatic N) is 3. The Morgan fingerprint density at radius 3 is 2.38 bits per heavy atom. The minimum Gasteiger partial charge on any atom is -0.323 e. The van der Waals surface area contributed by atoms with Gasteiger partial charge in [-0.2, -0.15) is 0 Å². The number of rotatable bonds is 5. The van der Waals surface area contributed by atoms with E-state index in [1.807, 2.05) is 6.92 Å². The number of benzene rings is 1. The van der Waals surface area contributed by atoms with Crippen LogP contribution in [0.4, 0.5) is 4.79 Å². The van der Waals surface area contributed by atoms with Crippen molar-refractivity contribution >= 4 is 11.9 Å². The topological polar surface area (TPSA) is 55.9 Å². The van der Waals surface area contributed by atoms with E-state index in [1.54, 1.807) is 0 Å². The number of hydrogen-bond acceptors (Lipinski definition) is 4. The van der Waals surface area contributed by atoms with Gasteiger partial charge in [-0.15, -0.1) is 0 Å². The molecule has 1 saturated carbocycles. The fourth-order valence-electron chi connectivity index (χ4n) is 4.10. The summed E-state index contributed by atoms with van der Waals surface area (Å²) in [4.78, 5) is 31.1. The first-order chi connectivity index (χ1) is 12.5. The SMILES string of the molecule is Cc1ccccc1CN1CCN(CN2C(=O)N[C@](C)(C3CC3)C2=O)CC1. The molecule has 26 heavy (non-hydrogen) atoms. The van der Waals surface area contributed by atoms with Gasteiger partial charge in [0.1, 0.15) is 5.54 Å². The van der Waals surface area contributed by atoms with Crippen LogP contribution in [0, 0.1) is 12.8 Å². The lowest BCUT2D eigenvalue weighted by Crippen LogP contribution is -2.51. The molecule has 2 heterocycles. The van der Waals surface area contributed by atoms with Gasteiger partial charge in [-0.25, -0.2) is 9.69 Å². The lowest BCUT2D eigenvalue weighted by atomic mass is 9.96. The zero-order valence-corrected chi connectivity index (χ0v) is 15.7. The highest BCUT2D eigenvalue weighted by molar-refractivity contribution is 6.07. The van der Waals surface area contributed by atoms with Crippen molar-refractivity contribution < 1.29 is 9.59 Å². The van der Waals surface area contributed by atoms with E-state index in [9.17, 15) is 9.59 Å². The third kappa shape index (κ3) is 3.23. The number of urea groups is 1. The second kappa shape index (κ2) is 6.67. The first kappa shape index (κ1) is 17.5. The van der Waals surface area contributed by atoms with Crippen molar-refractivity contribution in [3.05, 3.63) is 35.4 Å². The Labute approximate surface area is 155 Å². The number of carbonyl (C=O) groups is 2. The van der Waals surface area contributed by atoms with Crippen molar-refractivity contribution in [2.45, 2.75) is 38.8 Å². The van der Waals surface area contributed by atoms with E-state index < -0.39 is 5.54 Å². The maximum atomic E-state index is 12.7. The van der Waals surface area contributed by atoms with E-state index in [0.29, 0.717) is 12.6 Å². The average molecular weight is 356 g/mol. The number of hydrogen-bond donors (Lipinski definition) is 1. The highest BCUT2D eigenvalue weighted by Gasteiger charge is 2.56. The fourth-order valence-corrected chi connectivity index (χ4v) is 4.10. The summed E-state index contributed by atoms with van der Waals surface area (Å²) in [5, 5.41) is 2.93. The number of nitrogens with one attached hydrogen (secondary N) is 1. The number of amides is 3. The molecule has 0 spiro atoms. The van der Waals surface area contributed by atoms with Gasteiger partial charge in [-0.3, -0.25) is 14.6 Å². The van der Waals surface area contributed by atoms with Crippen LogP contribution >= 0.6 is 0 Å². The second-order valence-corrected chi connectivity index (χ2v) is 8.10. The van der Waals surface area contributed by atoms with E-state index in [-0.39, 0.29) is 11.9 Å². The largest absolute Gasteiger partial charge is 0.326 e. The Bertz CT molecular complexity index is 710. The average Bonchev–Trinajstić information content (AvgIpc) is 3.45. The normalized spacial score (nSPS) is 27.8. The molecule has 1 atom stereocenters. The Morgan fingerprint density at radius 2 is 1.73 bits per heavy atom. The van der Waals surface area contributed by atoms with Crippen molar-refractivity contribution in [3.8, 4) is 0 Å². The summed E-state index contributed by atoms with van der Waals surface area (Å²) in [6.45, 7) is 9.07. The van der Waals surface area contributed by atoms with Crippen LogP contribution in [0.25, 0.3) is 0 Å². The van der Waals surface area contributed by atoms with Gasteiger partial charge >= 0.3 is 6.03 Å². The lowest BCUT2D eigenvalue weighted by Gasteiger charge is -2.36. The number of aryl methyl sites for hydroxylation is 1. The molecule has 0 aromatic heterocycles. The number of imide groups is 1. The van der Waals surface area contributed by atoms with E-state index in [4.69, 9.17) is 0 Å². The molecule has 0 unspecified atom stereocenters. The summed E-state index contributed by atoms with van der Waals surface area (Å²) < 4.78 is 0. The maximum absolute atomic E-state index is 12.7. The van der Waals surface area contributed by atoms with Crippen LogP contribution in [0.1, 0.15) is 30.9 Å². The molecule has 140 valence electrons. The van der Waals surface area contributed by atoms with E-state index >= 15 is 0 Å². The van der Waals surface area contributed by atoms with Crippen molar-refractivity contribution in [2.75, 3.05) is 32.8 Å². The predicted molar refractivity (Wildman–Crippen MR) is 99.4 cm³/mol. The van der Waals surface area contributed by atoms with Gasteiger partial charge in [0.2, 0.25) is 0 Å². The monoisotopic (exact) mass is 356 g/mol. The van der Waals surface area contributed by atoms with Gasteiger partial charge in [0, 0.05) is 32.7 Å². The molecule has 0 radical (unpaired) electrons. The summed E-state index contributed by atoms with van der Waals surface area (Å²) in [5.41, 5.74) is 2.02. The lowest BCUT2D eigenvalue weighted by molar-refractivity contribution is -0.133. The van der Waals surface area contributed by atoms with Crippen LogP contribution in [0.5, 0.6) is 0 Å². The third-order valence-corrected chi connectivity index (χ3v) is 6.16. The van der Waals surface area contributed by atoms with Crippen LogP contribution in [0.2, 0.25) is 0 Å². The molecular weight excluding hydrogens is 328 g/mol. The molecular formula is C20H28N4O2. The highest BCUT2D eigenvalue weighted by atomic mass is 16.2. The minimum atomic E-state index is -0.677. The quantitative estimate of drug-likeness (QED) is 0.818. The molecule has 4 rings (SSSR count). The van der Waals surface area contributed by atoms with Crippen LogP contribution < -0.4 is 5.32 Å². The van der Waals surface area contributed by atoms with Crippen molar-refractivity contribution in [1.82, 2.24) is 20.0 Å². The van der Waals surface area contributed by atoms with Gasteiger partial charge in [-0.05, 0) is 43.7 Å². The molecule has 6 nitrogen and oxygen atoms in total. The first-order valence-corrected chi connectivity index (χ1v) is 9.61. The minimum absolute atomic E-state index is 0.0488. The maximum Gasteiger partial charge on any atom is 0.326 e. The molecule has 3 fully saturated rings. The van der Waals surface area contributed by atoms with Gasteiger partial charge in [-0.1, -0.05) is 24.3 Å². The van der Waals surface area contributed by atoms with Crippen molar-refractivity contribution in [1.29, 1.82) is 0 Å². The van der Waals surface area contributed by atoms with Gasteiger partial charge in [0.25, 0.3) is 5.91 Å². The van der Waals surface area contributed by atoms with Crippen molar-refractivity contribution in [3.63, 3.8) is 0 Å².